The molecule has 0 saturated heterocycles. The van der Waals surface area contributed by atoms with Crippen LogP contribution in [0.15, 0.2) is 41.7 Å². The molecule has 0 aliphatic rings. The van der Waals surface area contributed by atoms with E-state index < -0.39 is 0 Å². The van der Waals surface area contributed by atoms with Crippen LogP contribution < -0.4 is 0 Å². The third-order valence-corrected chi connectivity index (χ3v) is 1.58. The Balaban J connectivity index is 0.000000184. The highest BCUT2D eigenvalue weighted by Crippen LogP contribution is 2.09. The fraction of sp³-hybridized carbons (Fsp3) is 0.100. The molecule has 0 spiro atoms. The van der Waals surface area contributed by atoms with Crippen LogP contribution in [-0.2, 0) is 0 Å². The number of rotatable bonds is 0. The fourth-order valence-corrected chi connectivity index (χ4v) is 0.995. The van der Waals surface area contributed by atoms with Crippen molar-refractivity contribution >= 4 is 17.1 Å². The Kier molecular flexibility index (Phi) is 3.57. The largest absolute Gasteiger partial charge is 0.411 e. The summed E-state index contributed by atoms with van der Waals surface area (Å²) in [7, 11) is 0. The van der Waals surface area contributed by atoms with Gasteiger partial charge in [-0.25, -0.2) is 0 Å². The van der Waals surface area contributed by atoms with Crippen LogP contribution in [0.4, 0.5) is 0 Å². The first kappa shape index (κ1) is 9.32. The number of aromatic amines is 1. The van der Waals surface area contributed by atoms with Gasteiger partial charge in [0.05, 0.1) is 0 Å². The molecule has 0 unspecified atom stereocenters. The van der Waals surface area contributed by atoms with E-state index in [1.54, 1.807) is 6.92 Å². The van der Waals surface area contributed by atoms with Crippen LogP contribution in [0.3, 0.4) is 0 Å². The number of hydrogen-bond donors (Lipinski definition) is 2. The van der Waals surface area contributed by atoms with Crippen molar-refractivity contribution in [3.8, 4) is 0 Å². The van der Waals surface area contributed by atoms with Crippen LogP contribution in [0.25, 0.3) is 10.9 Å². The number of H-pyrrole nitrogens is 1. The number of fused-ring (bicyclic) bond motifs is 1. The van der Waals surface area contributed by atoms with Gasteiger partial charge in [-0.15, -0.1) is 5.16 Å². The molecular formula is C10H12N2O. The highest BCUT2D eigenvalue weighted by molar-refractivity contribution is 5.78. The molecular weight excluding hydrogens is 164 g/mol. The fourth-order valence-electron chi connectivity index (χ4n) is 0.995. The third kappa shape index (κ3) is 2.63. The number of nitrogens with zero attached hydrogens (tertiary/aromatic N) is 1. The normalized spacial score (nSPS) is 9.92. The molecule has 2 rings (SSSR count). The molecule has 2 aromatic rings. The Morgan fingerprint density at radius 2 is 2.00 bits per heavy atom. The molecule has 1 heterocycles. The predicted octanol–water partition coefficient (Wildman–Crippen LogP) is 2.63. The summed E-state index contributed by atoms with van der Waals surface area (Å²) in [4.78, 5) is 3.12. The molecule has 0 aliphatic carbocycles. The topological polar surface area (TPSA) is 48.4 Å². The molecule has 1 aromatic carbocycles. The number of para-hydroxylation sites is 1. The van der Waals surface area contributed by atoms with E-state index in [-0.39, 0.29) is 0 Å². The number of aromatic nitrogens is 1. The number of oxime groups is 1. The minimum absolute atomic E-state index is 1.21. The lowest BCUT2D eigenvalue weighted by molar-refractivity contribution is 0.321. The summed E-state index contributed by atoms with van der Waals surface area (Å²) in [6.07, 6.45) is 3.25. The lowest BCUT2D eigenvalue weighted by Gasteiger charge is -1.83. The third-order valence-electron chi connectivity index (χ3n) is 1.58. The first-order valence-corrected chi connectivity index (χ1v) is 4.02. The van der Waals surface area contributed by atoms with Gasteiger partial charge in [0, 0.05) is 17.9 Å². The van der Waals surface area contributed by atoms with Gasteiger partial charge in [0.2, 0.25) is 0 Å². The van der Waals surface area contributed by atoms with Crippen LogP contribution in [0, 0.1) is 0 Å². The van der Waals surface area contributed by atoms with E-state index in [1.807, 2.05) is 18.3 Å². The molecule has 0 radical (unpaired) electrons. The van der Waals surface area contributed by atoms with Crippen molar-refractivity contribution in [3.63, 3.8) is 0 Å². The van der Waals surface area contributed by atoms with Crippen molar-refractivity contribution in [1.29, 1.82) is 0 Å². The number of benzene rings is 1. The molecule has 0 amide bonds. The van der Waals surface area contributed by atoms with E-state index in [9.17, 15) is 0 Å². The summed E-state index contributed by atoms with van der Waals surface area (Å²) in [5, 5.41) is 11.3. The van der Waals surface area contributed by atoms with Crippen LogP contribution in [0.1, 0.15) is 6.92 Å². The Bertz CT molecular complexity index is 345. The molecule has 0 aliphatic heterocycles. The minimum Gasteiger partial charge on any atom is -0.411 e. The van der Waals surface area contributed by atoms with E-state index in [0.29, 0.717) is 0 Å². The maximum atomic E-state index is 7.44. The maximum Gasteiger partial charge on any atom is 0.0453 e. The van der Waals surface area contributed by atoms with Gasteiger partial charge >= 0.3 is 0 Å². The van der Waals surface area contributed by atoms with E-state index in [0.717, 1.165) is 0 Å². The minimum atomic E-state index is 1.21. The molecule has 3 heteroatoms. The van der Waals surface area contributed by atoms with E-state index in [4.69, 9.17) is 5.21 Å². The van der Waals surface area contributed by atoms with E-state index >= 15 is 0 Å². The standard InChI is InChI=1S/C8H7N.C2H5NO/c1-2-4-8-7(3-1)5-6-9-8;1-2-3-4/h1-6,9H;2,4H,1H3. The molecule has 0 fully saturated rings. The average Bonchev–Trinajstić information content (AvgIpc) is 2.66. The average molecular weight is 176 g/mol. The monoisotopic (exact) mass is 176 g/mol. The molecule has 2 N–H and O–H groups in total. The Labute approximate surface area is 76.7 Å². The van der Waals surface area contributed by atoms with Gasteiger partial charge in [-0.05, 0) is 24.4 Å². The quantitative estimate of drug-likeness (QED) is 0.362. The molecule has 0 saturated carbocycles. The van der Waals surface area contributed by atoms with Crippen molar-refractivity contribution in [2.75, 3.05) is 0 Å². The van der Waals surface area contributed by atoms with Crippen LogP contribution in [0.2, 0.25) is 0 Å². The second-order valence-corrected chi connectivity index (χ2v) is 2.44. The van der Waals surface area contributed by atoms with Crippen molar-refractivity contribution in [2.45, 2.75) is 6.92 Å². The zero-order chi connectivity index (χ0) is 9.52. The van der Waals surface area contributed by atoms with Gasteiger partial charge in [0.15, 0.2) is 0 Å². The summed E-state index contributed by atoms with van der Waals surface area (Å²) < 4.78 is 0. The van der Waals surface area contributed by atoms with Gasteiger partial charge < -0.3 is 10.2 Å². The van der Waals surface area contributed by atoms with Crippen LogP contribution in [-0.4, -0.2) is 16.4 Å². The summed E-state index contributed by atoms with van der Waals surface area (Å²) in [5.41, 5.74) is 1.21. The summed E-state index contributed by atoms with van der Waals surface area (Å²) in [6, 6.07) is 10.3. The maximum absolute atomic E-state index is 7.44. The van der Waals surface area contributed by atoms with Gasteiger partial charge in [-0.3, -0.25) is 0 Å². The van der Waals surface area contributed by atoms with E-state index in [1.165, 1.54) is 17.1 Å². The SMILES string of the molecule is CC=NO.c1ccc2[nH]ccc2c1. The second kappa shape index (κ2) is 4.98. The highest BCUT2D eigenvalue weighted by atomic mass is 16.4. The van der Waals surface area contributed by atoms with Gasteiger partial charge in [0.25, 0.3) is 0 Å². The Morgan fingerprint density at radius 1 is 1.31 bits per heavy atom. The van der Waals surface area contributed by atoms with Crippen molar-refractivity contribution in [3.05, 3.63) is 36.5 Å². The van der Waals surface area contributed by atoms with Crippen molar-refractivity contribution in [1.82, 2.24) is 4.98 Å². The molecule has 0 bridgehead atoms. The molecule has 68 valence electrons. The first-order valence-electron chi connectivity index (χ1n) is 4.02. The highest BCUT2D eigenvalue weighted by Gasteiger charge is 1.86. The van der Waals surface area contributed by atoms with Gasteiger partial charge in [0.1, 0.15) is 0 Å². The Hall–Kier alpha value is -1.77. The molecule has 3 nitrogen and oxygen atoms in total. The van der Waals surface area contributed by atoms with E-state index in [2.05, 4.69) is 28.3 Å². The van der Waals surface area contributed by atoms with Crippen molar-refractivity contribution in [2.24, 2.45) is 5.16 Å². The van der Waals surface area contributed by atoms with Gasteiger partial charge in [-0.2, -0.15) is 0 Å². The first-order chi connectivity index (χ1) is 6.38. The molecule has 1 aromatic heterocycles. The second-order valence-electron chi connectivity index (χ2n) is 2.44. The Morgan fingerprint density at radius 3 is 2.62 bits per heavy atom. The summed E-state index contributed by atoms with van der Waals surface area (Å²) >= 11 is 0. The van der Waals surface area contributed by atoms with Crippen molar-refractivity contribution < 1.29 is 5.21 Å². The summed E-state index contributed by atoms with van der Waals surface area (Å²) in [6.45, 7) is 1.64. The molecule has 13 heavy (non-hydrogen) atoms. The lowest BCUT2D eigenvalue weighted by Crippen LogP contribution is -1.61. The number of nitrogens with one attached hydrogen (secondary N) is 1. The van der Waals surface area contributed by atoms with Crippen LogP contribution >= 0.6 is 0 Å². The lowest BCUT2D eigenvalue weighted by atomic mass is 10.3. The van der Waals surface area contributed by atoms with Crippen LogP contribution in [0.5, 0.6) is 0 Å². The number of hydrogen-bond acceptors (Lipinski definition) is 2. The molecule has 0 atom stereocenters. The van der Waals surface area contributed by atoms with Gasteiger partial charge in [-0.1, -0.05) is 18.2 Å². The summed E-state index contributed by atoms with van der Waals surface area (Å²) in [5.74, 6) is 0. The zero-order valence-corrected chi connectivity index (χ0v) is 7.44. The smallest absolute Gasteiger partial charge is 0.0453 e. The predicted molar refractivity (Wildman–Crippen MR) is 54.3 cm³/mol. The zero-order valence-electron chi connectivity index (χ0n) is 7.44.